The topological polar surface area (TPSA) is 87.2 Å². The van der Waals surface area contributed by atoms with Gasteiger partial charge in [0, 0.05) is 18.1 Å². The fourth-order valence-corrected chi connectivity index (χ4v) is 4.81. The summed E-state index contributed by atoms with van der Waals surface area (Å²) in [4.78, 5) is 10.8. The van der Waals surface area contributed by atoms with E-state index in [4.69, 9.17) is 0 Å². The van der Waals surface area contributed by atoms with Gasteiger partial charge in [0.25, 0.3) is 5.69 Å². The number of hydrogen-bond donors (Lipinski definition) is 1. The third-order valence-corrected chi connectivity index (χ3v) is 6.98. The fourth-order valence-electron chi connectivity index (χ4n) is 4.81. The second kappa shape index (κ2) is 9.43. The van der Waals surface area contributed by atoms with Gasteiger partial charge in [-0.05, 0) is 52.5 Å². The largest absolute Gasteiger partial charge is 0.507 e. The minimum absolute atomic E-state index is 0.0133. The van der Waals surface area contributed by atoms with Crippen molar-refractivity contribution in [2.24, 2.45) is 0 Å². The third kappa shape index (κ3) is 5.14. The summed E-state index contributed by atoms with van der Waals surface area (Å²) in [5.41, 5.74) is 3.65. The first-order chi connectivity index (χ1) is 16.6. The molecule has 0 saturated heterocycles. The molecular weight excluding hydrogens is 448 g/mol. The van der Waals surface area contributed by atoms with E-state index >= 15 is 0 Å². The Hall–Kier alpha value is -3.65. The Labute approximate surface area is 214 Å². The van der Waals surface area contributed by atoms with Gasteiger partial charge in [-0.3, -0.25) is 10.1 Å². The first-order valence-corrected chi connectivity index (χ1v) is 12.2. The number of aryl methyl sites for hydroxylation is 1. The number of aromatic hydroxyl groups is 1. The van der Waals surface area contributed by atoms with Gasteiger partial charge in [0.05, 0.1) is 16.4 Å². The van der Waals surface area contributed by atoms with E-state index in [0.717, 1.165) is 27.8 Å². The van der Waals surface area contributed by atoms with Crippen molar-refractivity contribution in [1.29, 1.82) is 5.26 Å². The summed E-state index contributed by atoms with van der Waals surface area (Å²) in [6.07, 6.45) is 0. The highest BCUT2D eigenvalue weighted by Crippen LogP contribution is 2.48. The molecule has 0 fully saturated rings. The van der Waals surface area contributed by atoms with Crippen LogP contribution in [0.5, 0.6) is 5.75 Å². The summed E-state index contributed by atoms with van der Waals surface area (Å²) in [7, 11) is 0. The Kier molecular flexibility index (Phi) is 7.06. The molecule has 0 bridgehead atoms. The predicted octanol–water partition coefficient (Wildman–Crippen LogP) is 7.82. The van der Waals surface area contributed by atoms with Gasteiger partial charge in [0.1, 0.15) is 5.75 Å². The molecule has 0 spiro atoms. The van der Waals surface area contributed by atoms with Crippen LogP contribution in [-0.4, -0.2) is 10.0 Å². The molecule has 36 heavy (non-hydrogen) atoms. The van der Waals surface area contributed by atoms with Gasteiger partial charge >= 0.3 is 0 Å². The van der Waals surface area contributed by atoms with Gasteiger partial charge in [-0.2, -0.15) is 5.26 Å². The number of hydrogen-bond acceptors (Lipinski definition) is 4. The lowest BCUT2D eigenvalue weighted by Gasteiger charge is -2.36. The summed E-state index contributed by atoms with van der Waals surface area (Å²) in [6.45, 7) is 16.3. The number of phenolic OH excluding ortho intramolecular Hbond substituents is 1. The van der Waals surface area contributed by atoms with Crippen molar-refractivity contribution in [2.45, 2.75) is 77.6 Å². The van der Waals surface area contributed by atoms with E-state index in [2.05, 4.69) is 47.6 Å². The van der Waals surface area contributed by atoms with Gasteiger partial charge in [-0.15, -0.1) is 0 Å². The van der Waals surface area contributed by atoms with E-state index in [1.807, 2.05) is 50.2 Å². The number of nitro groups is 1. The van der Waals surface area contributed by atoms with Crippen molar-refractivity contribution >= 4 is 5.69 Å². The molecule has 188 valence electrons. The highest BCUT2D eigenvalue weighted by molar-refractivity contribution is 5.55. The zero-order valence-electron chi connectivity index (χ0n) is 22.5. The standard InChI is InChI=1S/C31H36N2O3/c1-20-9-11-21(12-10-20)27(31(8,19-32)23-13-15-24(16-14-23)33(35)36)22-17-25(29(2,3)4)28(34)26(18-22)30(5,6)7/h9-18,27,34H,1-8H3. The average Bonchev–Trinajstić information content (AvgIpc) is 2.79. The zero-order chi connectivity index (χ0) is 27.1. The summed E-state index contributed by atoms with van der Waals surface area (Å²) in [5, 5.41) is 33.2. The molecule has 0 heterocycles. The molecule has 0 radical (unpaired) electrons. The molecule has 0 aromatic heterocycles. The maximum absolute atomic E-state index is 11.3. The average molecular weight is 485 g/mol. The minimum atomic E-state index is -1.04. The van der Waals surface area contributed by atoms with Crippen LogP contribution in [-0.2, 0) is 16.2 Å². The monoisotopic (exact) mass is 484 g/mol. The summed E-state index contributed by atoms with van der Waals surface area (Å²) in [5.74, 6) is -0.0947. The highest BCUT2D eigenvalue weighted by atomic mass is 16.6. The zero-order valence-corrected chi connectivity index (χ0v) is 22.5. The van der Waals surface area contributed by atoms with Crippen LogP contribution in [0.25, 0.3) is 0 Å². The van der Waals surface area contributed by atoms with Crippen molar-refractivity contribution in [3.63, 3.8) is 0 Å². The van der Waals surface area contributed by atoms with Crippen LogP contribution >= 0.6 is 0 Å². The molecule has 0 aliphatic rings. The molecular formula is C31H36N2O3. The lowest BCUT2D eigenvalue weighted by Crippen LogP contribution is -2.31. The van der Waals surface area contributed by atoms with E-state index < -0.39 is 10.3 Å². The number of benzene rings is 3. The van der Waals surface area contributed by atoms with Gasteiger partial charge < -0.3 is 5.11 Å². The summed E-state index contributed by atoms with van der Waals surface area (Å²) >= 11 is 0. The van der Waals surface area contributed by atoms with E-state index in [0.29, 0.717) is 5.56 Å². The Bertz CT molecular complexity index is 1270. The first-order valence-electron chi connectivity index (χ1n) is 12.2. The Balaban J connectivity index is 2.39. The van der Waals surface area contributed by atoms with Crippen molar-refractivity contribution in [3.8, 4) is 11.8 Å². The van der Waals surface area contributed by atoms with Crippen LogP contribution in [0.4, 0.5) is 5.69 Å². The molecule has 5 nitrogen and oxygen atoms in total. The molecule has 2 atom stereocenters. The van der Waals surface area contributed by atoms with Crippen molar-refractivity contribution in [3.05, 3.63) is 104 Å². The Morgan fingerprint density at radius 3 is 1.69 bits per heavy atom. The number of phenols is 1. The van der Waals surface area contributed by atoms with Crippen LogP contribution in [0, 0.1) is 28.4 Å². The van der Waals surface area contributed by atoms with Gasteiger partial charge in [0.2, 0.25) is 0 Å². The molecule has 5 heteroatoms. The summed E-state index contributed by atoms with van der Waals surface area (Å²) in [6, 6.07) is 21.0. The SMILES string of the molecule is Cc1ccc(C(c2cc(C(C)(C)C)c(O)c(C(C)(C)C)c2)C(C)(C#N)c2ccc([N+](=O)[O-])cc2)cc1. The quantitative estimate of drug-likeness (QED) is 0.295. The third-order valence-electron chi connectivity index (χ3n) is 6.98. The number of non-ortho nitro benzene ring substituents is 1. The van der Waals surface area contributed by atoms with Crippen LogP contribution in [0.2, 0.25) is 0 Å². The molecule has 0 aliphatic heterocycles. The molecule has 1 N–H and O–H groups in total. The fraction of sp³-hybridized carbons (Fsp3) is 0.387. The van der Waals surface area contributed by atoms with Crippen molar-refractivity contribution in [1.82, 2.24) is 0 Å². The highest BCUT2D eigenvalue weighted by Gasteiger charge is 2.40. The van der Waals surface area contributed by atoms with Crippen molar-refractivity contribution < 1.29 is 10.0 Å². The number of nitrogens with zero attached hydrogens (tertiary/aromatic N) is 2. The maximum atomic E-state index is 11.3. The van der Waals surface area contributed by atoms with Crippen molar-refractivity contribution in [2.75, 3.05) is 0 Å². The second-order valence-electron chi connectivity index (χ2n) is 11.9. The molecule has 0 amide bonds. The van der Waals surface area contributed by atoms with Crippen LogP contribution in [0.1, 0.15) is 87.8 Å². The normalized spacial score (nSPS) is 14.5. The molecule has 2 unspecified atom stereocenters. The van der Waals surface area contributed by atoms with E-state index in [-0.39, 0.29) is 28.2 Å². The van der Waals surface area contributed by atoms with E-state index in [1.165, 1.54) is 12.1 Å². The Morgan fingerprint density at radius 1 is 0.833 bits per heavy atom. The van der Waals surface area contributed by atoms with E-state index in [9.17, 15) is 20.5 Å². The molecule has 3 aromatic carbocycles. The van der Waals surface area contributed by atoms with Gasteiger partial charge in [-0.25, -0.2) is 0 Å². The van der Waals surface area contributed by atoms with Crippen LogP contribution in [0.15, 0.2) is 60.7 Å². The van der Waals surface area contributed by atoms with Crippen LogP contribution in [0.3, 0.4) is 0 Å². The lowest BCUT2D eigenvalue weighted by molar-refractivity contribution is -0.384. The second-order valence-corrected chi connectivity index (χ2v) is 11.9. The van der Waals surface area contributed by atoms with Crippen LogP contribution < -0.4 is 0 Å². The number of rotatable bonds is 5. The lowest BCUT2D eigenvalue weighted by atomic mass is 9.65. The number of nitro benzene ring substituents is 1. The summed E-state index contributed by atoms with van der Waals surface area (Å²) < 4.78 is 0. The molecule has 0 saturated carbocycles. The van der Waals surface area contributed by atoms with E-state index in [1.54, 1.807) is 12.1 Å². The van der Waals surface area contributed by atoms with Gasteiger partial charge in [-0.1, -0.05) is 95.6 Å². The molecule has 0 aliphatic carbocycles. The first kappa shape index (κ1) is 26.9. The minimum Gasteiger partial charge on any atom is -0.507 e. The van der Waals surface area contributed by atoms with Gasteiger partial charge in [0.15, 0.2) is 0 Å². The smallest absolute Gasteiger partial charge is 0.269 e. The number of nitriles is 1. The molecule has 3 rings (SSSR count). The predicted molar refractivity (Wildman–Crippen MR) is 145 cm³/mol. The molecule has 3 aromatic rings. The Morgan fingerprint density at radius 2 is 1.31 bits per heavy atom. The maximum Gasteiger partial charge on any atom is 0.269 e.